The van der Waals surface area contributed by atoms with Gasteiger partial charge < -0.3 is 21.1 Å². The lowest BCUT2D eigenvalue weighted by molar-refractivity contribution is -0.117. The molecule has 1 aliphatic heterocycles. The second-order valence-electron chi connectivity index (χ2n) is 6.68. The van der Waals surface area contributed by atoms with Gasteiger partial charge in [0.05, 0.1) is 18.9 Å². The maximum absolute atomic E-state index is 13.0. The topological polar surface area (TPSA) is 117 Å². The Morgan fingerprint density at radius 3 is 2.83 bits per heavy atom. The average Bonchev–Trinajstić information content (AvgIpc) is 3.16. The third-order valence-corrected chi connectivity index (χ3v) is 4.49. The molecule has 1 atom stereocenters. The monoisotopic (exact) mass is 397 g/mol. The summed E-state index contributed by atoms with van der Waals surface area (Å²) >= 11 is 0. The number of carbonyl (C=O) groups is 1. The Morgan fingerprint density at radius 1 is 1.21 bits per heavy atom. The van der Waals surface area contributed by atoms with Gasteiger partial charge in [0.15, 0.2) is 5.82 Å². The van der Waals surface area contributed by atoms with Crippen LogP contribution < -0.4 is 16.0 Å². The van der Waals surface area contributed by atoms with Crippen LogP contribution in [-0.2, 0) is 17.9 Å². The highest BCUT2D eigenvalue weighted by Gasteiger charge is 2.26. The fraction of sp³-hybridized carbons (Fsp3) is 0.263. The average molecular weight is 397 g/mol. The molecular formula is C19H20FN7O2. The van der Waals surface area contributed by atoms with E-state index in [1.807, 2.05) is 6.20 Å². The molecule has 3 heterocycles. The Hall–Kier alpha value is -3.53. The molecule has 0 unspecified atom stereocenters. The van der Waals surface area contributed by atoms with Crippen LogP contribution in [0.5, 0.6) is 0 Å². The minimum atomic E-state index is -0.528. The highest BCUT2D eigenvalue weighted by Crippen LogP contribution is 2.25. The van der Waals surface area contributed by atoms with Crippen LogP contribution >= 0.6 is 0 Å². The SMILES string of the molecule is O=C1Nc2cnc(NCc3cnn(Cc4ccc(F)cc4)c3)nc2N[C@H]1CCO. The molecular weight excluding hydrogens is 377 g/mol. The molecule has 0 radical (unpaired) electrons. The first-order chi connectivity index (χ1) is 14.1. The van der Waals surface area contributed by atoms with Crippen LogP contribution in [0.2, 0.25) is 0 Å². The van der Waals surface area contributed by atoms with Crippen LogP contribution in [0.3, 0.4) is 0 Å². The van der Waals surface area contributed by atoms with E-state index >= 15 is 0 Å². The van der Waals surface area contributed by atoms with Gasteiger partial charge in [-0.1, -0.05) is 12.1 Å². The Balaban J connectivity index is 1.37. The Kier molecular flexibility index (Phi) is 5.34. The van der Waals surface area contributed by atoms with Crippen molar-refractivity contribution in [2.24, 2.45) is 0 Å². The molecule has 1 amide bonds. The molecule has 4 rings (SSSR count). The van der Waals surface area contributed by atoms with E-state index in [0.717, 1.165) is 11.1 Å². The molecule has 2 aromatic heterocycles. The fourth-order valence-corrected chi connectivity index (χ4v) is 2.99. The van der Waals surface area contributed by atoms with Crippen molar-refractivity contribution in [1.82, 2.24) is 19.7 Å². The molecule has 0 fully saturated rings. The van der Waals surface area contributed by atoms with E-state index in [9.17, 15) is 9.18 Å². The lowest BCUT2D eigenvalue weighted by atomic mass is 10.1. The van der Waals surface area contributed by atoms with Gasteiger partial charge in [0.2, 0.25) is 11.9 Å². The highest BCUT2D eigenvalue weighted by atomic mass is 19.1. The molecule has 0 spiro atoms. The summed E-state index contributed by atoms with van der Waals surface area (Å²) in [5.74, 6) is 0.430. The largest absolute Gasteiger partial charge is 0.396 e. The van der Waals surface area contributed by atoms with Crippen molar-refractivity contribution < 1.29 is 14.3 Å². The lowest BCUT2D eigenvalue weighted by Gasteiger charge is -2.25. The van der Waals surface area contributed by atoms with Gasteiger partial charge in [-0.2, -0.15) is 10.1 Å². The molecule has 1 aliphatic rings. The first-order valence-corrected chi connectivity index (χ1v) is 9.15. The number of carbonyl (C=O) groups excluding carboxylic acids is 1. The fourth-order valence-electron chi connectivity index (χ4n) is 2.99. The van der Waals surface area contributed by atoms with E-state index < -0.39 is 6.04 Å². The predicted octanol–water partition coefficient (Wildman–Crippen LogP) is 1.59. The van der Waals surface area contributed by atoms with Crippen LogP contribution in [-0.4, -0.2) is 43.4 Å². The van der Waals surface area contributed by atoms with E-state index in [4.69, 9.17) is 5.11 Å². The van der Waals surface area contributed by atoms with Gasteiger partial charge in [-0.05, 0) is 24.1 Å². The number of benzene rings is 1. The number of aliphatic hydroxyl groups excluding tert-OH is 1. The Morgan fingerprint density at radius 2 is 2.03 bits per heavy atom. The molecule has 0 bridgehead atoms. The van der Waals surface area contributed by atoms with E-state index in [1.54, 1.807) is 23.0 Å². The standard InChI is InChI=1S/C19H20FN7O2/c20-14-3-1-12(2-4-14)10-27-11-13(8-23-27)7-21-19-22-9-16-17(26-19)24-15(5-6-28)18(29)25-16/h1-4,8-9,11,15,28H,5-7,10H2,(H,25,29)(H2,21,22,24,26)/t15-/m0/s1. The Labute approximate surface area is 166 Å². The number of hydrogen-bond acceptors (Lipinski definition) is 7. The number of halogens is 1. The number of fused-ring (bicyclic) bond motifs is 1. The molecule has 1 aromatic carbocycles. The molecule has 150 valence electrons. The van der Waals surface area contributed by atoms with Gasteiger partial charge in [0.25, 0.3) is 0 Å². The maximum atomic E-state index is 13.0. The number of nitrogens with zero attached hydrogens (tertiary/aromatic N) is 4. The van der Waals surface area contributed by atoms with Crippen LogP contribution in [0.25, 0.3) is 0 Å². The summed E-state index contributed by atoms with van der Waals surface area (Å²) in [6.07, 6.45) is 5.46. The molecule has 4 N–H and O–H groups in total. The first-order valence-electron chi connectivity index (χ1n) is 9.15. The van der Waals surface area contributed by atoms with E-state index in [0.29, 0.717) is 37.0 Å². The summed E-state index contributed by atoms with van der Waals surface area (Å²) < 4.78 is 14.8. The van der Waals surface area contributed by atoms with Crippen molar-refractivity contribution in [3.05, 3.63) is 59.8 Å². The Bertz CT molecular complexity index is 1010. The van der Waals surface area contributed by atoms with Gasteiger partial charge >= 0.3 is 0 Å². The van der Waals surface area contributed by atoms with Crippen LogP contribution in [0.1, 0.15) is 17.5 Å². The van der Waals surface area contributed by atoms with Crippen molar-refractivity contribution in [2.75, 3.05) is 22.6 Å². The summed E-state index contributed by atoms with van der Waals surface area (Å²) in [5, 5.41) is 22.2. The number of aliphatic hydroxyl groups is 1. The van der Waals surface area contributed by atoms with Crippen molar-refractivity contribution in [2.45, 2.75) is 25.6 Å². The number of anilines is 3. The molecule has 0 aliphatic carbocycles. The summed E-state index contributed by atoms with van der Waals surface area (Å²) in [7, 11) is 0. The number of rotatable bonds is 7. The second kappa shape index (κ2) is 8.23. The summed E-state index contributed by atoms with van der Waals surface area (Å²) in [6.45, 7) is 0.915. The van der Waals surface area contributed by atoms with Gasteiger partial charge in [0, 0.05) is 24.9 Å². The van der Waals surface area contributed by atoms with Gasteiger partial charge in [0.1, 0.15) is 17.5 Å². The third-order valence-electron chi connectivity index (χ3n) is 4.49. The van der Waals surface area contributed by atoms with E-state index in [1.165, 1.54) is 18.3 Å². The maximum Gasteiger partial charge on any atom is 0.247 e. The van der Waals surface area contributed by atoms with Gasteiger partial charge in [-0.15, -0.1) is 0 Å². The zero-order chi connectivity index (χ0) is 20.2. The molecule has 3 aromatic rings. The third kappa shape index (κ3) is 4.49. The molecule has 29 heavy (non-hydrogen) atoms. The highest BCUT2D eigenvalue weighted by molar-refractivity contribution is 6.02. The molecule has 0 saturated carbocycles. The van der Waals surface area contributed by atoms with Crippen LogP contribution in [0.15, 0.2) is 42.9 Å². The van der Waals surface area contributed by atoms with Gasteiger partial charge in [-0.25, -0.2) is 9.37 Å². The minimum Gasteiger partial charge on any atom is -0.396 e. The second-order valence-corrected chi connectivity index (χ2v) is 6.68. The zero-order valence-electron chi connectivity index (χ0n) is 15.5. The van der Waals surface area contributed by atoms with Crippen molar-refractivity contribution in [3.8, 4) is 0 Å². The lowest BCUT2D eigenvalue weighted by Crippen LogP contribution is -2.40. The van der Waals surface area contributed by atoms with Crippen molar-refractivity contribution >= 4 is 23.4 Å². The van der Waals surface area contributed by atoms with E-state index in [2.05, 4.69) is 31.0 Å². The number of aromatic nitrogens is 4. The van der Waals surface area contributed by atoms with Gasteiger partial charge in [-0.3, -0.25) is 9.48 Å². The quantitative estimate of drug-likeness (QED) is 0.478. The molecule has 9 nitrogen and oxygen atoms in total. The smallest absolute Gasteiger partial charge is 0.247 e. The van der Waals surface area contributed by atoms with Crippen molar-refractivity contribution in [1.29, 1.82) is 0 Å². The number of amides is 1. The van der Waals surface area contributed by atoms with Crippen LogP contribution in [0, 0.1) is 5.82 Å². The summed E-state index contributed by atoms with van der Waals surface area (Å²) in [5.41, 5.74) is 2.40. The number of nitrogens with one attached hydrogen (secondary N) is 3. The minimum absolute atomic E-state index is 0.0987. The van der Waals surface area contributed by atoms with Crippen molar-refractivity contribution in [3.63, 3.8) is 0 Å². The zero-order valence-corrected chi connectivity index (χ0v) is 15.5. The first kappa shape index (κ1) is 18.8. The summed E-state index contributed by atoms with van der Waals surface area (Å²) in [4.78, 5) is 20.5. The predicted molar refractivity (Wildman–Crippen MR) is 105 cm³/mol. The van der Waals surface area contributed by atoms with E-state index in [-0.39, 0.29) is 18.3 Å². The number of hydrogen-bond donors (Lipinski definition) is 4. The summed E-state index contributed by atoms with van der Waals surface area (Å²) in [6, 6.07) is 5.78. The normalized spacial score (nSPS) is 15.4. The molecule has 10 heteroatoms. The van der Waals surface area contributed by atoms with Crippen LogP contribution in [0.4, 0.5) is 21.8 Å². The molecule has 0 saturated heterocycles.